The summed E-state index contributed by atoms with van der Waals surface area (Å²) in [6.45, 7) is 4.87. The minimum absolute atomic E-state index is 0.0978. The maximum atomic E-state index is 13.3. The zero-order valence-electron chi connectivity index (χ0n) is 18.6. The zero-order chi connectivity index (χ0) is 23.1. The molecule has 3 rings (SSSR count). The van der Waals surface area contributed by atoms with Crippen molar-refractivity contribution in [3.63, 3.8) is 0 Å². The Balaban J connectivity index is 1.83. The van der Waals surface area contributed by atoms with E-state index < -0.39 is 11.7 Å². The van der Waals surface area contributed by atoms with E-state index in [4.69, 9.17) is 4.74 Å². The Morgan fingerprint density at radius 1 is 0.812 bits per heavy atom. The Hall–Kier alpha value is -2.99. The van der Waals surface area contributed by atoms with E-state index in [0.717, 1.165) is 28.8 Å². The third kappa shape index (κ3) is 6.76. The molecule has 0 aliphatic rings. The van der Waals surface area contributed by atoms with Crippen LogP contribution in [0.1, 0.15) is 27.8 Å². The van der Waals surface area contributed by atoms with Gasteiger partial charge in [-0.05, 0) is 49.6 Å². The highest BCUT2D eigenvalue weighted by molar-refractivity contribution is 5.70. The van der Waals surface area contributed by atoms with Crippen molar-refractivity contribution < 1.29 is 17.9 Å². The van der Waals surface area contributed by atoms with Crippen LogP contribution in [0.3, 0.4) is 0 Å². The first-order valence-electron chi connectivity index (χ1n) is 10.6. The molecule has 32 heavy (non-hydrogen) atoms. The van der Waals surface area contributed by atoms with Crippen LogP contribution in [0.15, 0.2) is 66.7 Å². The fourth-order valence-corrected chi connectivity index (χ4v) is 3.48. The monoisotopic (exact) mass is 442 g/mol. The molecular formula is C26H29F3N2O. The molecule has 3 aromatic rings. The van der Waals surface area contributed by atoms with Crippen molar-refractivity contribution in [3.05, 3.63) is 94.5 Å². The van der Waals surface area contributed by atoms with Gasteiger partial charge in [-0.25, -0.2) is 0 Å². The SMILES string of the molecule is COCC(Cc1ccc(C)cc1)Nc1ccc(C(F)(F)F)cc1NCc1ccc(C)cc1. The van der Waals surface area contributed by atoms with Gasteiger partial charge < -0.3 is 15.4 Å². The van der Waals surface area contributed by atoms with Gasteiger partial charge in [0.25, 0.3) is 0 Å². The lowest BCUT2D eigenvalue weighted by molar-refractivity contribution is -0.137. The van der Waals surface area contributed by atoms with Crippen molar-refractivity contribution in [2.45, 2.75) is 39.0 Å². The van der Waals surface area contributed by atoms with Gasteiger partial charge in [-0.15, -0.1) is 0 Å². The van der Waals surface area contributed by atoms with Crippen LogP contribution in [-0.4, -0.2) is 19.8 Å². The molecule has 0 spiro atoms. The fourth-order valence-electron chi connectivity index (χ4n) is 3.48. The van der Waals surface area contributed by atoms with Crippen LogP contribution < -0.4 is 10.6 Å². The molecule has 3 aromatic carbocycles. The molecule has 1 unspecified atom stereocenters. The Bertz CT molecular complexity index is 999. The molecule has 0 aromatic heterocycles. The Kier molecular flexibility index (Phi) is 7.80. The predicted octanol–water partition coefficient (Wildman–Crippen LogP) is 6.60. The fraction of sp³-hybridized carbons (Fsp3) is 0.308. The molecule has 1 atom stereocenters. The largest absolute Gasteiger partial charge is 0.416 e. The lowest BCUT2D eigenvalue weighted by Gasteiger charge is -2.23. The highest BCUT2D eigenvalue weighted by Crippen LogP contribution is 2.34. The maximum absolute atomic E-state index is 13.3. The number of anilines is 2. The van der Waals surface area contributed by atoms with Crippen molar-refractivity contribution >= 4 is 11.4 Å². The van der Waals surface area contributed by atoms with Gasteiger partial charge in [-0.1, -0.05) is 59.7 Å². The number of methoxy groups -OCH3 is 1. The quantitative estimate of drug-likeness (QED) is 0.391. The van der Waals surface area contributed by atoms with E-state index in [9.17, 15) is 13.2 Å². The smallest absolute Gasteiger partial charge is 0.383 e. The predicted molar refractivity (Wildman–Crippen MR) is 124 cm³/mol. The van der Waals surface area contributed by atoms with E-state index in [0.29, 0.717) is 30.9 Å². The van der Waals surface area contributed by atoms with Crippen LogP contribution in [0.2, 0.25) is 0 Å². The summed E-state index contributed by atoms with van der Waals surface area (Å²) < 4.78 is 45.4. The molecule has 2 N–H and O–H groups in total. The van der Waals surface area contributed by atoms with Crippen LogP contribution in [0.25, 0.3) is 0 Å². The number of nitrogens with one attached hydrogen (secondary N) is 2. The average molecular weight is 443 g/mol. The molecule has 0 fully saturated rings. The zero-order valence-corrected chi connectivity index (χ0v) is 18.6. The normalized spacial score (nSPS) is 12.4. The number of hydrogen-bond donors (Lipinski definition) is 2. The molecule has 6 heteroatoms. The number of alkyl halides is 3. The molecule has 0 bridgehead atoms. The number of rotatable bonds is 9. The summed E-state index contributed by atoms with van der Waals surface area (Å²) in [5.74, 6) is 0. The van der Waals surface area contributed by atoms with Crippen molar-refractivity contribution in [2.24, 2.45) is 0 Å². The van der Waals surface area contributed by atoms with Gasteiger partial charge in [-0.2, -0.15) is 13.2 Å². The topological polar surface area (TPSA) is 33.3 Å². The van der Waals surface area contributed by atoms with Crippen LogP contribution >= 0.6 is 0 Å². The molecule has 0 amide bonds. The lowest BCUT2D eigenvalue weighted by atomic mass is 10.0. The Morgan fingerprint density at radius 2 is 1.41 bits per heavy atom. The molecule has 0 aliphatic carbocycles. The van der Waals surface area contributed by atoms with Crippen LogP contribution in [0.5, 0.6) is 0 Å². The summed E-state index contributed by atoms with van der Waals surface area (Å²) in [6, 6.07) is 19.8. The second-order valence-corrected chi connectivity index (χ2v) is 8.08. The van der Waals surface area contributed by atoms with E-state index in [1.54, 1.807) is 7.11 Å². The molecule has 0 saturated heterocycles. The number of halogens is 3. The van der Waals surface area contributed by atoms with Gasteiger partial charge in [0.05, 0.1) is 29.6 Å². The maximum Gasteiger partial charge on any atom is 0.416 e. The van der Waals surface area contributed by atoms with Gasteiger partial charge in [0.2, 0.25) is 0 Å². The minimum atomic E-state index is -4.41. The summed E-state index contributed by atoms with van der Waals surface area (Å²) in [6.07, 6.45) is -3.72. The van der Waals surface area contributed by atoms with Crippen LogP contribution in [0, 0.1) is 13.8 Å². The van der Waals surface area contributed by atoms with Gasteiger partial charge in [0.1, 0.15) is 0 Å². The third-order valence-corrected chi connectivity index (χ3v) is 5.28. The van der Waals surface area contributed by atoms with Crippen molar-refractivity contribution in [3.8, 4) is 0 Å². The van der Waals surface area contributed by atoms with E-state index in [-0.39, 0.29) is 6.04 Å². The minimum Gasteiger partial charge on any atom is -0.383 e. The van der Waals surface area contributed by atoms with Crippen LogP contribution in [0.4, 0.5) is 24.5 Å². The standard InChI is InChI=1S/C26H29F3N2O/c1-18-4-8-20(9-5-18)14-23(17-32-3)31-24-13-12-22(26(27,28)29)15-25(24)30-16-21-10-6-19(2)7-11-21/h4-13,15,23,30-31H,14,16-17H2,1-3H3. The van der Waals surface area contributed by atoms with Gasteiger partial charge in [0.15, 0.2) is 0 Å². The highest BCUT2D eigenvalue weighted by atomic mass is 19.4. The highest BCUT2D eigenvalue weighted by Gasteiger charge is 2.31. The first-order chi connectivity index (χ1) is 15.2. The van der Waals surface area contributed by atoms with Crippen molar-refractivity contribution in [1.29, 1.82) is 0 Å². The molecule has 0 aliphatic heterocycles. The number of benzene rings is 3. The van der Waals surface area contributed by atoms with Crippen LogP contribution in [-0.2, 0) is 23.9 Å². The number of hydrogen-bond acceptors (Lipinski definition) is 3. The summed E-state index contributed by atoms with van der Waals surface area (Å²) in [5, 5.41) is 6.56. The van der Waals surface area contributed by atoms with E-state index >= 15 is 0 Å². The third-order valence-electron chi connectivity index (χ3n) is 5.28. The first-order valence-corrected chi connectivity index (χ1v) is 10.6. The van der Waals surface area contributed by atoms with Gasteiger partial charge in [0, 0.05) is 13.7 Å². The molecule has 0 saturated carbocycles. The number of ether oxygens (including phenoxy) is 1. The first kappa shape index (κ1) is 23.7. The van der Waals surface area contributed by atoms with E-state index in [2.05, 4.69) is 22.8 Å². The van der Waals surface area contributed by atoms with E-state index in [1.807, 2.05) is 50.2 Å². The van der Waals surface area contributed by atoms with E-state index in [1.165, 1.54) is 11.6 Å². The van der Waals surface area contributed by atoms with Crippen molar-refractivity contribution in [1.82, 2.24) is 0 Å². The molecular weight excluding hydrogens is 413 g/mol. The second kappa shape index (κ2) is 10.6. The summed E-state index contributed by atoms with van der Waals surface area (Å²) in [7, 11) is 1.62. The molecule has 0 heterocycles. The second-order valence-electron chi connectivity index (χ2n) is 8.08. The summed E-state index contributed by atoms with van der Waals surface area (Å²) in [5.41, 5.74) is 4.77. The Morgan fingerprint density at radius 3 is 1.97 bits per heavy atom. The van der Waals surface area contributed by atoms with Gasteiger partial charge >= 0.3 is 6.18 Å². The number of aryl methyl sites for hydroxylation is 2. The van der Waals surface area contributed by atoms with Gasteiger partial charge in [-0.3, -0.25) is 0 Å². The summed E-state index contributed by atoms with van der Waals surface area (Å²) >= 11 is 0. The molecule has 0 radical (unpaired) electrons. The average Bonchev–Trinajstić information content (AvgIpc) is 2.75. The van der Waals surface area contributed by atoms with Crippen molar-refractivity contribution in [2.75, 3.05) is 24.4 Å². The summed E-state index contributed by atoms with van der Waals surface area (Å²) in [4.78, 5) is 0. The molecule has 170 valence electrons. The molecule has 3 nitrogen and oxygen atoms in total. The Labute approximate surface area is 187 Å². The lowest BCUT2D eigenvalue weighted by Crippen LogP contribution is -2.28.